The third-order valence-electron chi connectivity index (χ3n) is 4.89. The number of ether oxygens (including phenoxy) is 2. The summed E-state index contributed by atoms with van der Waals surface area (Å²) >= 11 is 0. The van der Waals surface area contributed by atoms with E-state index in [9.17, 15) is 9.59 Å². The summed E-state index contributed by atoms with van der Waals surface area (Å²) in [7, 11) is 0. The lowest BCUT2D eigenvalue weighted by atomic mass is 10.1. The summed E-state index contributed by atoms with van der Waals surface area (Å²) in [4.78, 5) is 26.6. The summed E-state index contributed by atoms with van der Waals surface area (Å²) in [5.41, 5.74) is 3.24. The van der Waals surface area contributed by atoms with Crippen molar-refractivity contribution in [2.24, 2.45) is 0 Å². The molecular formula is C23H25N3O4. The summed E-state index contributed by atoms with van der Waals surface area (Å²) in [5.74, 6) is -0.814. The zero-order valence-corrected chi connectivity index (χ0v) is 17.0. The number of anilines is 2. The van der Waals surface area contributed by atoms with Gasteiger partial charge in [-0.15, -0.1) is 0 Å². The lowest BCUT2D eigenvalue weighted by molar-refractivity contribution is -0.153. The Hall–Kier alpha value is -3.37. The van der Waals surface area contributed by atoms with Crippen LogP contribution in [-0.4, -0.2) is 44.3 Å². The smallest absolute Gasteiger partial charge is 0.306 e. The molecule has 2 aromatic rings. The fraction of sp³-hybridized carbons (Fsp3) is 0.348. The maximum absolute atomic E-state index is 12.3. The second-order valence-corrected chi connectivity index (χ2v) is 7.08. The second kappa shape index (κ2) is 10.4. The zero-order chi connectivity index (χ0) is 21.3. The standard InChI is InChI=1S/C23H25N3O4/c1-17(30-22(27)11-6-18-2-4-19(16-24)5-3-18)23(28)25-20-7-9-21(10-8-20)26-12-14-29-15-13-26/h2-5,7-10,17H,6,11-15H2,1H3,(H,25,28). The number of benzene rings is 2. The number of amides is 1. The van der Waals surface area contributed by atoms with Gasteiger partial charge in [0.2, 0.25) is 0 Å². The Kier molecular flexibility index (Phi) is 7.41. The molecule has 1 fully saturated rings. The largest absolute Gasteiger partial charge is 0.453 e. The molecule has 1 atom stereocenters. The topological polar surface area (TPSA) is 91.7 Å². The van der Waals surface area contributed by atoms with Gasteiger partial charge in [0.25, 0.3) is 5.91 Å². The Balaban J connectivity index is 1.44. The van der Waals surface area contributed by atoms with E-state index in [1.54, 1.807) is 19.1 Å². The summed E-state index contributed by atoms with van der Waals surface area (Å²) < 4.78 is 10.6. The molecule has 156 valence electrons. The lowest BCUT2D eigenvalue weighted by Crippen LogP contribution is -2.36. The van der Waals surface area contributed by atoms with E-state index in [4.69, 9.17) is 14.7 Å². The van der Waals surface area contributed by atoms with Gasteiger partial charge >= 0.3 is 5.97 Å². The third kappa shape index (κ3) is 6.06. The quantitative estimate of drug-likeness (QED) is 0.710. The van der Waals surface area contributed by atoms with Gasteiger partial charge < -0.3 is 19.7 Å². The minimum absolute atomic E-state index is 0.164. The molecule has 1 aliphatic heterocycles. The van der Waals surface area contributed by atoms with Crippen molar-refractivity contribution in [1.82, 2.24) is 0 Å². The first-order valence-electron chi connectivity index (χ1n) is 9.97. The van der Waals surface area contributed by atoms with Crippen molar-refractivity contribution >= 4 is 23.3 Å². The van der Waals surface area contributed by atoms with Crippen molar-refractivity contribution in [3.63, 3.8) is 0 Å². The minimum atomic E-state index is -0.891. The first kappa shape index (κ1) is 21.3. The van der Waals surface area contributed by atoms with E-state index in [2.05, 4.69) is 16.3 Å². The molecule has 7 nitrogen and oxygen atoms in total. The maximum Gasteiger partial charge on any atom is 0.306 e. The summed E-state index contributed by atoms with van der Waals surface area (Å²) in [6, 6.07) is 16.7. The molecule has 1 amide bonds. The number of nitriles is 1. The lowest BCUT2D eigenvalue weighted by Gasteiger charge is -2.28. The first-order valence-corrected chi connectivity index (χ1v) is 9.97. The van der Waals surface area contributed by atoms with Crippen LogP contribution in [0.3, 0.4) is 0 Å². The Morgan fingerprint density at radius 3 is 2.43 bits per heavy atom. The van der Waals surface area contributed by atoms with Crippen LogP contribution in [0.5, 0.6) is 0 Å². The van der Waals surface area contributed by atoms with Crippen molar-refractivity contribution in [1.29, 1.82) is 5.26 Å². The van der Waals surface area contributed by atoms with Gasteiger partial charge in [0.15, 0.2) is 6.10 Å². The van der Waals surface area contributed by atoms with Crippen molar-refractivity contribution in [2.45, 2.75) is 25.9 Å². The molecule has 1 unspecified atom stereocenters. The van der Waals surface area contributed by atoms with Gasteiger partial charge in [-0.1, -0.05) is 12.1 Å². The number of esters is 1. The Labute approximate surface area is 176 Å². The average Bonchev–Trinajstić information content (AvgIpc) is 2.79. The molecule has 7 heteroatoms. The SMILES string of the molecule is CC(OC(=O)CCc1ccc(C#N)cc1)C(=O)Nc1ccc(N2CCOCC2)cc1. The van der Waals surface area contributed by atoms with E-state index in [0.29, 0.717) is 30.9 Å². The number of rotatable bonds is 7. The van der Waals surface area contributed by atoms with Crippen LogP contribution in [0.2, 0.25) is 0 Å². The number of carbonyl (C=O) groups excluding carboxylic acids is 2. The fourth-order valence-corrected chi connectivity index (χ4v) is 3.12. The first-order chi connectivity index (χ1) is 14.5. The van der Waals surface area contributed by atoms with Gasteiger partial charge in [-0.25, -0.2) is 0 Å². The highest BCUT2D eigenvalue weighted by Crippen LogP contribution is 2.19. The van der Waals surface area contributed by atoms with Gasteiger partial charge in [0.1, 0.15) is 0 Å². The monoisotopic (exact) mass is 407 g/mol. The Morgan fingerprint density at radius 1 is 1.13 bits per heavy atom. The summed E-state index contributed by atoms with van der Waals surface area (Å²) in [5, 5.41) is 11.6. The van der Waals surface area contributed by atoms with E-state index in [1.807, 2.05) is 36.4 Å². The van der Waals surface area contributed by atoms with E-state index in [0.717, 1.165) is 24.3 Å². The van der Waals surface area contributed by atoms with Crippen molar-refractivity contribution in [3.05, 3.63) is 59.7 Å². The van der Waals surface area contributed by atoms with Gasteiger partial charge in [0, 0.05) is 30.9 Å². The molecular weight excluding hydrogens is 382 g/mol. The molecule has 0 saturated carbocycles. The fourth-order valence-electron chi connectivity index (χ4n) is 3.12. The van der Waals surface area contributed by atoms with E-state index in [-0.39, 0.29) is 12.3 Å². The number of hydrogen-bond acceptors (Lipinski definition) is 6. The van der Waals surface area contributed by atoms with Crippen LogP contribution in [-0.2, 0) is 25.5 Å². The molecule has 1 N–H and O–H groups in total. The Morgan fingerprint density at radius 2 is 1.80 bits per heavy atom. The highest BCUT2D eigenvalue weighted by Gasteiger charge is 2.18. The summed E-state index contributed by atoms with van der Waals surface area (Å²) in [6.07, 6.45) is -0.239. The molecule has 1 aliphatic rings. The molecule has 1 heterocycles. The minimum Gasteiger partial charge on any atom is -0.453 e. The number of morpholine rings is 1. The normalized spacial score (nSPS) is 14.5. The van der Waals surface area contributed by atoms with Crippen molar-refractivity contribution in [3.8, 4) is 6.07 Å². The zero-order valence-electron chi connectivity index (χ0n) is 17.0. The highest BCUT2D eigenvalue weighted by molar-refractivity contribution is 5.95. The number of carbonyl (C=O) groups is 2. The van der Waals surface area contributed by atoms with Gasteiger partial charge in [0.05, 0.1) is 24.8 Å². The maximum atomic E-state index is 12.3. The van der Waals surface area contributed by atoms with Gasteiger partial charge in [-0.3, -0.25) is 9.59 Å². The molecule has 2 aromatic carbocycles. The number of nitrogens with zero attached hydrogens (tertiary/aromatic N) is 2. The average molecular weight is 407 g/mol. The molecule has 0 aliphatic carbocycles. The summed E-state index contributed by atoms with van der Waals surface area (Å²) in [6.45, 7) is 4.68. The molecule has 0 bridgehead atoms. The number of aryl methyl sites for hydroxylation is 1. The highest BCUT2D eigenvalue weighted by atomic mass is 16.5. The van der Waals surface area contributed by atoms with Crippen LogP contribution < -0.4 is 10.2 Å². The number of nitrogens with one attached hydrogen (secondary N) is 1. The van der Waals surface area contributed by atoms with Crippen LogP contribution in [0.15, 0.2) is 48.5 Å². The molecule has 3 rings (SSSR count). The number of hydrogen-bond donors (Lipinski definition) is 1. The molecule has 0 aromatic heterocycles. The van der Waals surface area contributed by atoms with E-state index in [1.165, 1.54) is 0 Å². The van der Waals surface area contributed by atoms with Crippen molar-refractivity contribution in [2.75, 3.05) is 36.5 Å². The van der Waals surface area contributed by atoms with Crippen LogP contribution in [0.25, 0.3) is 0 Å². The Bertz CT molecular complexity index is 898. The van der Waals surface area contributed by atoms with Crippen LogP contribution in [0, 0.1) is 11.3 Å². The predicted octanol–water partition coefficient (Wildman–Crippen LogP) is 2.90. The van der Waals surface area contributed by atoms with Gasteiger partial charge in [-0.05, 0) is 55.3 Å². The molecule has 0 spiro atoms. The molecule has 1 saturated heterocycles. The van der Waals surface area contributed by atoms with Crippen LogP contribution in [0.1, 0.15) is 24.5 Å². The second-order valence-electron chi connectivity index (χ2n) is 7.08. The van der Waals surface area contributed by atoms with Crippen molar-refractivity contribution < 1.29 is 19.1 Å². The van der Waals surface area contributed by atoms with Crippen LogP contribution >= 0.6 is 0 Å². The predicted molar refractivity (Wildman–Crippen MR) is 113 cm³/mol. The molecule has 30 heavy (non-hydrogen) atoms. The van der Waals surface area contributed by atoms with Crippen LogP contribution in [0.4, 0.5) is 11.4 Å². The van der Waals surface area contributed by atoms with E-state index >= 15 is 0 Å². The van der Waals surface area contributed by atoms with Gasteiger partial charge in [-0.2, -0.15) is 5.26 Å². The van der Waals surface area contributed by atoms with E-state index < -0.39 is 12.1 Å². The molecule has 0 radical (unpaired) electrons. The third-order valence-corrected chi connectivity index (χ3v) is 4.89.